The van der Waals surface area contributed by atoms with Gasteiger partial charge < -0.3 is 14.5 Å². The third-order valence-corrected chi connectivity index (χ3v) is 8.33. The molecule has 3 aliphatic rings. The van der Waals surface area contributed by atoms with Crippen molar-refractivity contribution in [3.05, 3.63) is 58.3 Å². The number of nitrogens with zero attached hydrogens (tertiary/aromatic N) is 2. The molecule has 168 valence electrons. The van der Waals surface area contributed by atoms with E-state index in [0.29, 0.717) is 0 Å². The molecule has 5 rings (SSSR count). The summed E-state index contributed by atoms with van der Waals surface area (Å²) in [7, 11) is 1.66. The third kappa shape index (κ3) is 3.96. The van der Waals surface area contributed by atoms with E-state index in [0.717, 1.165) is 75.2 Å². The Labute approximate surface area is 193 Å². The molecule has 3 heterocycles. The Morgan fingerprint density at radius 2 is 1.66 bits per heavy atom. The summed E-state index contributed by atoms with van der Waals surface area (Å²) in [5.41, 5.74) is 2.02. The maximum absolute atomic E-state index is 13.5. The Hall–Kier alpha value is -2.60. The van der Waals surface area contributed by atoms with E-state index in [1.54, 1.807) is 24.5 Å². The van der Waals surface area contributed by atoms with E-state index in [1.807, 2.05) is 52.1 Å². The van der Waals surface area contributed by atoms with Gasteiger partial charge in [0.05, 0.1) is 12.5 Å². The molecular weight excluding hydrogens is 420 g/mol. The summed E-state index contributed by atoms with van der Waals surface area (Å²) in [6.45, 7) is 3.22. The average molecular weight is 451 g/mol. The Bertz CT molecular complexity index is 1000. The van der Waals surface area contributed by atoms with Crippen LogP contribution < -0.4 is 4.74 Å². The molecule has 0 radical (unpaired) electrons. The highest BCUT2D eigenvalue weighted by Crippen LogP contribution is 2.51. The van der Waals surface area contributed by atoms with E-state index in [1.165, 1.54) is 0 Å². The molecule has 1 spiro atoms. The number of piperidine rings is 1. The standard InChI is InChI=1S/C26H30N2O3S/c1-31-22-5-3-21(4-6-22)26(9-10-26)24(30)28-16-13-25(19-28)11-14-27(15-12-25)23(29)7-2-20-8-17-32-18-20/h2-8,17-18H,9-16,19H2,1H3. The molecule has 0 N–H and O–H groups in total. The van der Waals surface area contributed by atoms with Gasteiger partial charge in [-0.1, -0.05) is 12.1 Å². The Balaban J connectivity index is 1.18. The fourth-order valence-electron chi connectivity index (χ4n) is 5.32. The molecule has 32 heavy (non-hydrogen) atoms. The van der Waals surface area contributed by atoms with Crippen molar-refractivity contribution in [3.63, 3.8) is 0 Å². The number of ether oxygens (including phenoxy) is 1. The minimum atomic E-state index is -0.332. The fourth-order valence-corrected chi connectivity index (χ4v) is 5.95. The largest absolute Gasteiger partial charge is 0.497 e. The molecule has 2 aliphatic heterocycles. The van der Waals surface area contributed by atoms with Gasteiger partial charge in [0.25, 0.3) is 0 Å². The van der Waals surface area contributed by atoms with Crippen molar-refractivity contribution in [1.29, 1.82) is 0 Å². The van der Waals surface area contributed by atoms with Gasteiger partial charge in [-0.05, 0) is 83.7 Å². The Morgan fingerprint density at radius 3 is 2.25 bits per heavy atom. The van der Waals surface area contributed by atoms with Gasteiger partial charge in [-0.25, -0.2) is 0 Å². The van der Waals surface area contributed by atoms with Crippen molar-refractivity contribution >= 4 is 29.2 Å². The number of amides is 2. The summed E-state index contributed by atoms with van der Waals surface area (Å²) in [5, 5.41) is 4.06. The van der Waals surface area contributed by atoms with Crippen LogP contribution in [-0.4, -0.2) is 54.9 Å². The van der Waals surface area contributed by atoms with Crippen molar-refractivity contribution in [2.24, 2.45) is 5.41 Å². The molecule has 1 aromatic carbocycles. The van der Waals surface area contributed by atoms with Gasteiger partial charge in [-0.3, -0.25) is 9.59 Å². The molecule has 0 atom stereocenters. The van der Waals surface area contributed by atoms with Gasteiger partial charge in [-0.15, -0.1) is 0 Å². The zero-order chi connectivity index (χ0) is 22.2. The molecule has 6 heteroatoms. The molecule has 2 amide bonds. The van der Waals surface area contributed by atoms with Crippen LogP contribution in [0, 0.1) is 5.41 Å². The SMILES string of the molecule is COc1ccc(C2(C(=O)N3CCC4(CCN(C(=O)C=Cc5ccsc5)CC4)C3)CC2)cc1. The minimum absolute atomic E-state index is 0.0911. The maximum Gasteiger partial charge on any atom is 0.246 e. The van der Waals surface area contributed by atoms with Crippen LogP contribution in [0.25, 0.3) is 6.08 Å². The number of carbonyl (C=O) groups is 2. The summed E-state index contributed by atoms with van der Waals surface area (Å²) >= 11 is 1.63. The van der Waals surface area contributed by atoms with E-state index >= 15 is 0 Å². The smallest absolute Gasteiger partial charge is 0.246 e. The molecule has 2 aromatic rings. The summed E-state index contributed by atoms with van der Waals surface area (Å²) in [5.74, 6) is 1.20. The number of hydrogen-bond acceptors (Lipinski definition) is 4. The average Bonchev–Trinajstić information content (AvgIpc) is 3.27. The lowest BCUT2D eigenvalue weighted by Crippen LogP contribution is -2.45. The molecule has 1 aromatic heterocycles. The van der Waals surface area contributed by atoms with Gasteiger partial charge >= 0.3 is 0 Å². The molecule has 0 bridgehead atoms. The van der Waals surface area contributed by atoms with Crippen LogP contribution in [0.15, 0.2) is 47.2 Å². The normalized spacial score (nSPS) is 21.3. The second-order valence-electron chi connectivity index (χ2n) is 9.50. The van der Waals surface area contributed by atoms with E-state index in [2.05, 4.69) is 4.90 Å². The zero-order valence-corrected chi connectivity index (χ0v) is 19.4. The zero-order valence-electron chi connectivity index (χ0n) is 18.6. The second-order valence-corrected chi connectivity index (χ2v) is 10.3. The van der Waals surface area contributed by atoms with Crippen LogP contribution in [0.5, 0.6) is 5.75 Å². The maximum atomic E-state index is 13.5. The fraction of sp³-hybridized carbons (Fsp3) is 0.462. The van der Waals surface area contributed by atoms with Crippen molar-refractivity contribution in [2.45, 2.75) is 37.5 Å². The number of carbonyl (C=O) groups excluding carboxylic acids is 2. The van der Waals surface area contributed by atoms with Gasteiger partial charge in [0.15, 0.2) is 0 Å². The van der Waals surface area contributed by atoms with Crippen LogP contribution in [0.2, 0.25) is 0 Å². The highest BCUT2D eigenvalue weighted by molar-refractivity contribution is 7.08. The molecular formula is C26H30N2O3S. The van der Waals surface area contributed by atoms with Crippen molar-refractivity contribution in [3.8, 4) is 5.75 Å². The van der Waals surface area contributed by atoms with Gasteiger partial charge in [0.2, 0.25) is 11.8 Å². The second kappa shape index (κ2) is 8.39. The number of thiophene rings is 1. The van der Waals surface area contributed by atoms with Gasteiger partial charge in [0, 0.05) is 32.3 Å². The Morgan fingerprint density at radius 1 is 0.969 bits per heavy atom. The first-order valence-corrected chi connectivity index (χ1v) is 12.4. The summed E-state index contributed by atoms with van der Waals surface area (Å²) < 4.78 is 5.27. The predicted octanol–water partition coefficient (Wildman–Crippen LogP) is 4.34. The summed E-state index contributed by atoms with van der Waals surface area (Å²) in [6.07, 6.45) is 8.45. The highest BCUT2D eigenvalue weighted by atomic mass is 32.1. The predicted molar refractivity (Wildman–Crippen MR) is 127 cm³/mol. The van der Waals surface area contributed by atoms with Crippen molar-refractivity contribution in [1.82, 2.24) is 9.80 Å². The monoisotopic (exact) mass is 450 g/mol. The van der Waals surface area contributed by atoms with E-state index in [-0.39, 0.29) is 22.6 Å². The lowest BCUT2D eigenvalue weighted by atomic mass is 9.77. The first-order valence-electron chi connectivity index (χ1n) is 11.5. The number of hydrogen-bond donors (Lipinski definition) is 0. The van der Waals surface area contributed by atoms with Crippen LogP contribution in [0.1, 0.15) is 43.2 Å². The third-order valence-electron chi connectivity index (χ3n) is 7.62. The number of benzene rings is 1. The topological polar surface area (TPSA) is 49.9 Å². The minimum Gasteiger partial charge on any atom is -0.497 e. The number of likely N-dealkylation sites (tertiary alicyclic amines) is 2. The van der Waals surface area contributed by atoms with Crippen LogP contribution in [-0.2, 0) is 15.0 Å². The lowest BCUT2D eigenvalue weighted by Gasteiger charge is -2.39. The number of methoxy groups -OCH3 is 1. The molecule has 1 saturated carbocycles. The Kier molecular flexibility index (Phi) is 5.58. The van der Waals surface area contributed by atoms with E-state index in [4.69, 9.17) is 4.74 Å². The van der Waals surface area contributed by atoms with Crippen LogP contribution in [0.3, 0.4) is 0 Å². The first kappa shape index (κ1) is 21.3. The van der Waals surface area contributed by atoms with E-state index in [9.17, 15) is 9.59 Å². The van der Waals surface area contributed by atoms with Crippen molar-refractivity contribution in [2.75, 3.05) is 33.3 Å². The van der Waals surface area contributed by atoms with Gasteiger partial charge in [0.1, 0.15) is 5.75 Å². The molecule has 1 aliphatic carbocycles. The quantitative estimate of drug-likeness (QED) is 0.637. The van der Waals surface area contributed by atoms with Crippen LogP contribution in [0.4, 0.5) is 0 Å². The van der Waals surface area contributed by atoms with Gasteiger partial charge in [-0.2, -0.15) is 11.3 Å². The lowest BCUT2D eigenvalue weighted by molar-refractivity contribution is -0.134. The summed E-state index contributed by atoms with van der Waals surface area (Å²) in [4.78, 5) is 30.1. The highest BCUT2D eigenvalue weighted by Gasteiger charge is 2.55. The number of rotatable bonds is 5. The first-order chi connectivity index (χ1) is 15.5. The molecule has 2 saturated heterocycles. The van der Waals surface area contributed by atoms with Crippen molar-refractivity contribution < 1.29 is 14.3 Å². The molecule has 0 unspecified atom stereocenters. The van der Waals surface area contributed by atoms with Crippen LogP contribution >= 0.6 is 11.3 Å². The molecule has 5 nitrogen and oxygen atoms in total. The van der Waals surface area contributed by atoms with E-state index < -0.39 is 0 Å². The summed E-state index contributed by atoms with van der Waals surface area (Å²) in [6, 6.07) is 10.0. The molecule has 3 fully saturated rings.